The Morgan fingerprint density at radius 3 is 2.79 bits per heavy atom. The molecule has 2 rings (SSSR count). The van der Waals surface area contributed by atoms with Gasteiger partial charge in [-0.25, -0.2) is 9.69 Å². The first kappa shape index (κ1) is 18.1. The monoisotopic (exact) mass is 353 g/mol. The van der Waals surface area contributed by atoms with E-state index in [1.165, 1.54) is 6.92 Å². The van der Waals surface area contributed by atoms with Gasteiger partial charge in [-0.15, -0.1) is 0 Å². The molecule has 0 saturated heterocycles. The molecule has 2 atom stereocenters. The fourth-order valence-corrected chi connectivity index (χ4v) is 3.16. The lowest BCUT2D eigenvalue weighted by molar-refractivity contribution is -0.138. The van der Waals surface area contributed by atoms with Crippen LogP contribution in [0.2, 0.25) is 0 Å². The molecule has 24 heavy (non-hydrogen) atoms. The SMILES string of the molecule is CC(CCn1cc(-c2cccc(O)c2)cn1)(CS(=O)O)C(=O)NO. The number of aromatic nitrogens is 2. The Kier molecular flexibility index (Phi) is 5.71. The number of aromatic hydroxyl groups is 1. The Bertz CT molecular complexity index is 748. The minimum Gasteiger partial charge on any atom is -0.508 e. The highest BCUT2D eigenvalue weighted by Gasteiger charge is 2.35. The van der Waals surface area contributed by atoms with Gasteiger partial charge in [-0.3, -0.25) is 14.7 Å². The Morgan fingerprint density at radius 2 is 2.17 bits per heavy atom. The van der Waals surface area contributed by atoms with Gasteiger partial charge in [-0.1, -0.05) is 12.1 Å². The van der Waals surface area contributed by atoms with Crippen LogP contribution in [-0.2, 0) is 22.4 Å². The number of hydrogen-bond acceptors (Lipinski definition) is 5. The van der Waals surface area contributed by atoms with Gasteiger partial charge >= 0.3 is 0 Å². The third kappa shape index (κ3) is 4.40. The van der Waals surface area contributed by atoms with Gasteiger partial charge < -0.3 is 9.66 Å². The number of benzene rings is 1. The summed E-state index contributed by atoms with van der Waals surface area (Å²) in [5.41, 5.74) is 1.94. The second-order valence-electron chi connectivity index (χ2n) is 5.76. The topological polar surface area (TPSA) is 125 Å². The maximum Gasteiger partial charge on any atom is 0.250 e. The molecule has 1 aromatic carbocycles. The molecule has 0 fully saturated rings. The molecular weight excluding hydrogens is 334 g/mol. The van der Waals surface area contributed by atoms with Crippen molar-refractivity contribution in [1.29, 1.82) is 0 Å². The zero-order valence-corrected chi connectivity index (χ0v) is 13.9. The van der Waals surface area contributed by atoms with Crippen molar-refractivity contribution in [3.8, 4) is 16.9 Å². The first-order valence-corrected chi connectivity index (χ1v) is 8.45. The summed E-state index contributed by atoms with van der Waals surface area (Å²) < 4.78 is 21.7. The Hall–Kier alpha value is -2.23. The molecule has 0 bridgehead atoms. The van der Waals surface area contributed by atoms with Gasteiger partial charge in [0.1, 0.15) is 5.75 Å². The van der Waals surface area contributed by atoms with E-state index in [1.54, 1.807) is 40.8 Å². The first-order valence-electron chi connectivity index (χ1n) is 7.18. The molecule has 9 heteroatoms. The van der Waals surface area contributed by atoms with Crippen LogP contribution in [0.4, 0.5) is 0 Å². The average Bonchev–Trinajstić information content (AvgIpc) is 3.00. The number of rotatable bonds is 7. The van der Waals surface area contributed by atoms with Crippen molar-refractivity contribution in [3.05, 3.63) is 36.7 Å². The van der Waals surface area contributed by atoms with Crippen LogP contribution in [-0.4, -0.2) is 40.5 Å². The van der Waals surface area contributed by atoms with Crippen LogP contribution >= 0.6 is 0 Å². The van der Waals surface area contributed by atoms with Gasteiger partial charge in [0, 0.05) is 18.3 Å². The maximum atomic E-state index is 11.8. The van der Waals surface area contributed by atoms with Crippen molar-refractivity contribution in [2.24, 2.45) is 5.41 Å². The molecule has 1 heterocycles. The molecule has 130 valence electrons. The molecule has 8 nitrogen and oxygen atoms in total. The zero-order chi connectivity index (χ0) is 17.7. The summed E-state index contributed by atoms with van der Waals surface area (Å²) in [4.78, 5) is 11.8. The van der Waals surface area contributed by atoms with E-state index in [4.69, 9.17) is 9.76 Å². The fraction of sp³-hybridized carbons (Fsp3) is 0.333. The van der Waals surface area contributed by atoms with E-state index in [0.29, 0.717) is 6.54 Å². The van der Waals surface area contributed by atoms with Crippen molar-refractivity contribution in [3.63, 3.8) is 0 Å². The summed E-state index contributed by atoms with van der Waals surface area (Å²) >= 11 is -2.17. The van der Waals surface area contributed by atoms with Crippen LogP contribution in [0.1, 0.15) is 13.3 Å². The predicted octanol–water partition coefficient (Wildman–Crippen LogP) is 1.38. The molecule has 2 unspecified atom stereocenters. The highest BCUT2D eigenvalue weighted by atomic mass is 32.2. The highest BCUT2D eigenvalue weighted by Crippen LogP contribution is 2.26. The van der Waals surface area contributed by atoms with E-state index < -0.39 is 22.4 Å². The molecule has 1 amide bonds. The number of phenolic OH excluding ortho intramolecular Hbond substituents is 1. The fourth-order valence-electron chi connectivity index (χ4n) is 2.34. The summed E-state index contributed by atoms with van der Waals surface area (Å²) in [6.45, 7) is 1.83. The Morgan fingerprint density at radius 1 is 1.42 bits per heavy atom. The Labute approximate surface area is 141 Å². The molecular formula is C15H19N3O5S. The maximum absolute atomic E-state index is 11.8. The minimum atomic E-state index is -2.17. The van der Waals surface area contributed by atoms with Gasteiger partial charge in [0.15, 0.2) is 11.1 Å². The van der Waals surface area contributed by atoms with Crippen molar-refractivity contribution in [2.45, 2.75) is 19.9 Å². The van der Waals surface area contributed by atoms with Crippen LogP contribution in [0.15, 0.2) is 36.7 Å². The lowest BCUT2D eigenvalue weighted by atomic mass is 9.88. The Balaban J connectivity index is 2.11. The summed E-state index contributed by atoms with van der Waals surface area (Å²) in [6, 6.07) is 6.74. The van der Waals surface area contributed by atoms with Crippen molar-refractivity contribution in [2.75, 3.05) is 5.75 Å². The highest BCUT2D eigenvalue weighted by molar-refractivity contribution is 7.79. The van der Waals surface area contributed by atoms with Gasteiger partial charge in [0.05, 0.1) is 17.4 Å². The molecule has 0 aliphatic carbocycles. The zero-order valence-electron chi connectivity index (χ0n) is 13.0. The van der Waals surface area contributed by atoms with Crippen molar-refractivity contribution >= 4 is 17.0 Å². The molecule has 0 aliphatic rings. The van der Waals surface area contributed by atoms with Gasteiger partial charge in [0.25, 0.3) is 0 Å². The lowest BCUT2D eigenvalue weighted by Crippen LogP contribution is -2.42. The van der Waals surface area contributed by atoms with E-state index in [0.717, 1.165) is 11.1 Å². The first-order chi connectivity index (χ1) is 11.3. The van der Waals surface area contributed by atoms with Crippen molar-refractivity contribution in [1.82, 2.24) is 15.3 Å². The molecule has 2 aromatic rings. The number of nitrogens with one attached hydrogen (secondary N) is 1. The van der Waals surface area contributed by atoms with Crippen LogP contribution in [0.5, 0.6) is 5.75 Å². The van der Waals surface area contributed by atoms with Crippen LogP contribution in [0.25, 0.3) is 11.1 Å². The van der Waals surface area contributed by atoms with E-state index >= 15 is 0 Å². The normalized spacial score (nSPS) is 14.8. The van der Waals surface area contributed by atoms with E-state index in [2.05, 4.69) is 5.10 Å². The van der Waals surface area contributed by atoms with E-state index in [1.807, 2.05) is 6.07 Å². The number of amides is 1. The van der Waals surface area contributed by atoms with Gasteiger partial charge in [0.2, 0.25) is 5.91 Å². The number of hydroxylamine groups is 1. The summed E-state index contributed by atoms with van der Waals surface area (Å²) in [5.74, 6) is -0.858. The molecule has 0 saturated carbocycles. The predicted molar refractivity (Wildman–Crippen MR) is 87.6 cm³/mol. The van der Waals surface area contributed by atoms with Crippen LogP contribution < -0.4 is 5.48 Å². The average molecular weight is 353 g/mol. The molecule has 0 aliphatic heterocycles. The van der Waals surface area contributed by atoms with Crippen LogP contribution in [0.3, 0.4) is 0 Å². The van der Waals surface area contributed by atoms with Crippen LogP contribution in [0, 0.1) is 5.41 Å². The number of aryl methyl sites for hydroxylation is 1. The standard InChI is InChI=1S/C15H19N3O5S/c1-15(10-24(22)23,14(20)17-21)5-6-18-9-12(8-16-18)11-3-2-4-13(19)7-11/h2-4,7-9,19,21H,5-6,10H2,1H3,(H,17,20)(H,22,23). The minimum absolute atomic E-state index is 0.151. The smallest absolute Gasteiger partial charge is 0.250 e. The third-order valence-corrected chi connectivity index (χ3v) is 4.68. The number of carbonyl (C=O) groups excluding carboxylic acids is 1. The van der Waals surface area contributed by atoms with E-state index in [9.17, 15) is 14.1 Å². The van der Waals surface area contributed by atoms with E-state index in [-0.39, 0.29) is 17.9 Å². The second-order valence-corrected chi connectivity index (χ2v) is 6.69. The summed E-state index contributed by atoms with van der Waals surface area (Å²) in [7, 11) is 0. The van der Waals surface area contributed by atoms with Gasteiger partial charge in [-0.2, -0.15) is 5.10 Å². The second kappa shape index (κ2) is 7.56. The molecule has 4 N–H and O–H groups in total. The number of phenols is 1. The third-order valence-electron chi connectivity index (χ3n) is 3.80. The van der Waals surface area contributed by atoms with Gasteiger partial charge in [-0.05, 0) is 31.0 Å². The number of carbonyl (C=O) groups is 1. The lowest BCUT2D eigenvalue weighted by Gasteiger charge is -2.25. The molecule has 0 radical (unpaired) electrons. The largest absolute Gasteiger partial charge is 0.508 e. The van der Waals surface area contributed by atoms with Crippen molar-refractivity contribution < 1.29 is 23.9 Å². The quantitative estimate of drug-likeness (QED) is 0.339. The summed E-state index contributed by atoms with van der Waals surface area (Å²) in [5, 5.41) is 22.5. The number of hydrogen-bond donors (Lipinski definition) is 4. The summed E-state index contributed by atoms with van der Waals surface area (Å²) in [6.07, 6.45) is 3.59. The molecule has 1 aromatic heterocycles. The molecule has 0 spiro atoms. The number of nitrogens with zero attached hydrogens (tertiary/aromatic N) is 2.